The molecular weight excluding hydrogens is 440 g/mol. The van der Waals surface area contributed by atoms with Gasteiger partial charge in [0, 0.05) is 0 Å². The fourth-order valence-corrected chi connectivity index (χ4v) is 5.18. The van der Waals surface area contributed by atoms with Crippen molar-refractivity contribution in [3.63, 3.8) is 0 Å². The van der Waals surface area contributed by atoms with Gasteiger partial charge in [0.1, 0.15) is 62.7 Å². The standard InChI is InChI=1S/C22H28O11/c1-21-9-13-17(21)15(11-28-19(21)23)26-5-6-27-16-12-29-20(24)22(2)10-14(18(16)22)33-31-8-4-25-3-7-30-32-13/h11-14,17-18H,3-10H2,1-2H3. The van der Waals surface area contributed by atoms with Crippen molar-refractivity contribution in [3.8, 4) is 0 Å². The van der Waals surface area contributed by atoms with Crippen LogP contribution >= 0.6 is 0 Å². The number of esters is 2. The lowest BCUT2D eigenvalue weighted by molar-refractivity contribution is -0.371. The van der Waals surface area contributed by atoms with E-state index in [9.17, 15) is 9.59 Å². The molecule has 0 aromatic carbocycles. The Labute approximate surface area is 190 Å². The van der Waals surface area contributed by atoms with Gasteiger partial charge in [-0.25, -0.2) is 19.6 Å². The van der Waals surface area contributed by atoms with Crippen LogP contribution in [0.4, 0.5) is 0 Å². The Morgan fingerprint density at radius 1 is 0.697 bits per heavy atom. The number of hydrogen-bond donors (Lipinski definition) is 0. The highest BCUT2D eigenvalue weighted by Crippen LogP contribution is 2.56. The first-order chi connectivity index (χ1) is 15.9. The fourth-order valence-electron chi connectivity index (χ4n) is 5.18. The molecule has 0 bridgehead atoms. The van der Waals surface area contributed by atoms with Gasteiger partial charge in [0.2, 0.25) is 0 Å². The maximum Gasteiger partial charge on any atom is 0.317 e. The summed E-state index contributed by atoms with van der Waals surface area (Å²) < 4.78 is 27.6. The minimum atomic E-state index is -0.732. The number of carbonyl (C=O) groups excluding carboxylic acids is 2. The quantitative estimate of drug-likeness (QED) is 0.380. The summed E-state index contributed by atoms with van der Waals surface area (Å²) >= 11 is 0. The second kappa shape index (κ2) is 8.88. The van der Waals surface area contributed by atoms with Crippen LogP contribution < -0.4 is 0 Å². The molecular formula is C22H28O11. The molecule has 33 heavy (non-hydrogen) atoms. The zero-order valence-corrected chi connectivity index (χ0v) is 18.6. The normalized spacial score (nSPS) is 41.8. The van der Waals surface area contributed by atoms with Crippen LogP contribution in [-0.2, 0) is 52.8 Å². The highest BCUT2D eigenvalue weighted by molar-refractivity contribution is 5.81. The van der Waals surface area contributed by atoms with E-state index in [2.05, 4.69) is 0 Å². The Hall–Kier alpha value is -2.18. The molecule has 1 saturated heterocycles. The Balaban J connectivity index is 1.27. The van der Waals surface area contributed by atoms with E-state index in [-0.39, 0.29) is 62.4 Å². The molecule has 3 aliphatic heterocycles. The molecule has 11 heteroatoms. The molecule has 182 valence electrons. The van der Waals surface area contributed by atoms with Crippen LogP contribution in [0.3, 0.4) is 0 Å². The average molecular weight is 468 g/mol. The smallest absolute Gasteiger partial charge is 0.317 e. The van der Waals surface area contributed by atoms with E-state index in [0.717, 1.165) is 0 Å². The van der Waals surface area contributed by atoms with Crippen LogP contribution in [0.15, 0.2) is 24.0 Å². The molecule has 11 nitrogen and oxygen atoms in total. The van der Waals surface area contributed by atoms with Gasteiger partial charge in [-0.15, -0.1) is 0 Å². The molecule has 0 amide bonds. The highest BCUT2D eigenvalue weighted by atomic mass is 17.2. The predicted molar refractivity (Wildman–Crippen MR) is 105 cm³/mol. The summed E-state index contributed by atoms with van der Waals surface area (Å²) in [7, 11) is 0. The van der Waals surface area contributed by atoms with Crippen LogP contribution in [0.5, 0.6) is 0 Å². The summed E-state index contributed by atoms with van der Waals surface area (Å²) in [6, 6.07) is 0. The average Bonchev–Trinajstić information content (AvgIpc) is 2.77. The SMILES string of the molecule is CC12CC3OOCCOCCOOC4CC5(C)C(=O)OC=C(OCCOC(=COC1=O)C32)C45. The van der Waals surface area contributed by atoms with E-state index in [1.807, 2.05) is 13.8 Å². The van der Waals surface area contributed by atoms with Gasteiger partial charge in [0.05, 0.1) is 35.9 Å². The van der Waals surface area contributed by atoms with Crippen molar-refractivity contribution in [1.29, 1.82) is 0 Å². The molecule has 5 aliphatic rings. The number of carbonyl (C=O) groups is 2. The van der Waals surface area contributed by atoms with E-state index in [1.165, 1.54) is 12.5 Å². The number of hydrogen-bond acceptors (Lipinski definition) is 11. The summed E-state index contributed by atoms with van der Waals surface area (Å²) in [4.78, 5) is 46.2. The molecule has 2 saturated carbocycles. The van der Waals surface area contributed by atoms with Gasteiger partial charge in [-0.1, -0.05) is 0 Å². The summed E-state index contributed by atoms with van der Waals surface area (Å²) in [6.45, 7) is 5.07. The van der Waals surface area contributed by atoms with Crippen LogP contribution in [0.1, 0.15) is 26.7 Å². The second-order valence-electron chi connectivity index (χ2n) is 9.27. The molecule has 0 N–H and O–H groups in total. The lowest BCUT2D eigenvalue weighted by Crippen LogP contribution is -2.58. The van der Waals surface area contributed by atoms with Crippen molar-refractivity contribution in [1.82, 2.24) is 0 Å². The topological polar surface area (TPSA) is 117 Å². The molecule has 0 spiro atoms. The van der Waals surface area contributed by atoms with Crippen LogP contribution in [0, 0.1) is 22.7 Å². The number of cyclic esters (lactones) is 2. The molecule has 6 unspecified atom stereocenters. The Kier molecular flexibility index (Phi) is 6.08. The molecule has 0 radical (unpaired) electrons. The third kappa shape index (κ3) is 3.91. The maximum absolute atomic E-state index is 12.3. The van der Waals surface area contributed by atoms with Crippen molar-refractivity contribution in [2.45, 2.75) is 38.9 Å². The van der Waals surface area contributed by atoms with Crippen LogP contribution in [-0.4, -0.2) is 63.8 Å². The van der Waals surface area contributed by atoms with Gasteiger partial charge in [-0.2, -0.15) is 0 Å². The summed E-state index contributed by atoms with van der Waals surface area (Å²) in [6.07, 6.45) is 2.87. The number of rotatable bonds is 0. The summed E-state index contributed by atoms with van der Waals surface area (Å²) in [5.41, 5.74) is -1.46. The zero-order valence-electron chi connectivity index (χ0n) is 18.6. The highest BCUT2D eigenvalue weighted by Gasteiger charge is 2.63. The molecule has 6 atom stereocenters. The summed E-state index contributed by atoms with van der Waals surface area (Å²) in [5.74, 6) is -0.275. The zero-order chi connectivity index (χ0) is 23.1. The van der Waals surface area contributed by atoms with Gasteiger partial charge in [0.25, 0.3) is 0 Å². The summed E-state index contributed by atoms with van der Waals surface area (Å²) in [5, 5.41) is 0. The first-order valence-electron chi connectivity index (χ1n) is 11.2. The first-order valence-corrected chi connectivity index (χ1v) is 11.2. The second-order valence-corrected chi connectivity index (χ2v) is 9.27. The maximum atomic E-state index is 12.3. The van der Waals surface area contributed by atoms with Crippen molar-refractivity contribution in [3.05, 3.63) is 24.0 Å². The molecule has 3 fully saturated rings. The van der Waals surface area contributed by atoms with Crippen molar-refractivity contribution >= 4 is 11.9 Å². The Morgan fingerprint density at radius 3 is 1.61 bits per heavy atom. The van der Waals surface area contributed by atoms with Gasteiger partial charge >= 0.3 is 11.9 Å². The van der Waals surface area contributed by atoms with E-state index in [4.69, 9.17) is 43.2 Å². The molecule has 5 rings (SSSR count). The number of ether oxygens (including phenoxy) is 5. The Morgan fingerprint density at radius 2 is 1.15 bits per heavy atom. The van der Waals surface area contributed by atoms with E-state index in [1.54, 1.807) is 0 Å². The van der Waals surface area contributed by atoms with E-state index >= 15 is 0 Å². The van der Waals surface area contributed by atoms with Gasteiger partial charge < -0.3 is 23.7 Å². The van der Waals surface area contributed by atoms with Crippen LogP contribution in [0.25, 0.3) is 0 Å². The van der Waals surface area contributed by atoms with Gasteiger partial charge in [-0.05, 0) is 26.7 Å². The minimum Gasteiger partial charge on any atom is -0.491 e. The predicted octanol–water partition coefficient (Wildman–Crippen LogP) is 1.53. The monoisotopic (exact) mass is 468 g/mol. The Bertz CT molecular complexity index is 785. The molecule has 2 aliphatic carbocycles. The first kappa shape index (κ1) is 22.6. The molecule has 0 aromatic heterocycles. The van der Waals surface area contributed by atoms with Gasteiger partial charge in [-0.3, -0.25) is 9.59 Å². The van der Waals surface area contributed by atoms with E-state index in [0.29, 0.717) is 37.6 Å². The molecule has 3 heterocycles. The van der Waals surface area contributed by atoms with Crippen molar-refractivity contribution in [2.75, 3.05) is 39.6 Å². The van der Waals surface area contributed by atoms with E-state index < -0.39 is 10.8 Å². The van der Waals surface area contributed by atoms with Crippen molar-refractivity contribution in [2.24, 2.45) is 22.7 Å². The van der Waals surface area contributed by atoms with Gasteiger partial charge in [0.15, 0.2) is 0 Å². The van der Waals surface area contributed by atoms with Crippen LogP contribution in [0.2, 0.25) is 0 Å². The molecule has 0 aromatic rings. The largest absolute Gasteiger partial charge is 0.491 e. The lowest BCUT2D eigenvalue weighted by atomic mass is 9.57. The van der Waals surface area contributed by atoms with Crippen molar-refractivity contribution < 1.29 is 52.8 Å². The minimum absolute atomic E-state index is 0.189. The third-order valence-electron chi connectivity index (χ3n) is 7.10. The third-order valence-corrected chi connectivity index (χ3v) is 7.10. The fraction of sp³-hybridized carbons (Fsp3) is 0.727. The lowest BCUT2D eigenvalue weighted by Gasteiger charge is -2.51.